The maximum atomic E-state index is 14.0. The molecular formula is C31H31FN4O3S. The molecule has 1 aromatic heterocycles. The van der Waals surface area contributed by atoms with Crippen molar-refractivity contribution >= 4 is 21.6 Å². The Morgan fingerprint density at radius 3 is 2.67 bits per heavy atom. The van der Waals surface area contributed by atoms with Gasteiger partial charge in [0.1, 0.15) is 11.6 Å². The summed E-state index contributed by atoms with van der Waals surface area (Å²) in [7, 11) is -2.04. The number of imidazole rings is 1. The molecule has 1 fully saturated rings. The zero-order valence-electron chi connectivity index (χ0n) is 22.2. The summed E-state index contributed by atoms with van der Waals surface area (Å²) in [5.41, 5.74) is 3.76. The molecule has 1 N–H and O–H groups in total. The number of benzene rings is 3. The van der Waals surface area contributed by atoms with Crippen molar-refractivity contribution in [1.82, 2.24) is 14.3 Å². The van der Waals surface area contributed by atoms with Gasteiger partial charge in [0, 0.05) is 37.1 Å². The van der Waals surface area contributed by atoms with E-state index in [4.69, 9.17) is 0 Å². The number of nitrogens with one attached hydrogen (secondary N) is 1. The summed E-state index contributed by atoms with van der Waals surface area (Å²) in [4.78, 5) is 20.1. The first-order chi connectivity index (χ1) is 19.3. The van der Waals surface area contributed by atoms with Crippen LogP contribution in [0.1, 0.15) is 53.7 Å². The van der Waals surface area contributed by atoms with Crippen LogP contribution in [0.3, 0.4) is 0 Å². The number of amides is 1. The van der Waals surface area contributed by atoms with Crippen molar-refractivity contribution in [3.05, 3.63) is 114 Å². The van der Waals surface area contributed by atoms with Crippen LogP contribution < -0.4 is 9.62 Å². The van der Waals surface area contributed by atoms with Gasteiger partial charge in [-0.25, -0.2) is 22.5 Å². The standard InChI is InChI=1S/C31H31FN4O3S/c1-35-16-15-33-30(35)20-36(31(37)28-19-26(28)21-7-3-2-4-8-21)24-14-13-22-9-5-12-29(27(22)18-24)34-40(38,39)25-11-6-10-23(32)17-25/h2-4,6-8,10-11,13-18,26,28-29,34H,5,9,12,19-20H2,1H3/t26-,28+,29-/m0/s1. The van der Waals surface area contributed by atoms with E-state index in [2.05, 4.69) is 21.8 Å². The van der Waals surface area contributed by atoms with Crippen molar-refractivity contribution < 1.29 is 17.6 Å². The molecule has 2 aliphatic rings. The number of anilines is 1. The van der Waals surface area contributed by atoms with E-state index in [0.29, 0.717) is 18.7 Å². The summed E-state index contributed by atoms with van der Waals surface area (Å²) >= 11 is 0. The van der Waals surface area contributed by atoms with Gasteiger partial charge in [0.25, 0.3) is 0 Å². The topological polar surface area (TPSA) is 84.3 Å². The zero-order valence-corrected chi connectivity index (χ0v) is 23.0. The molecule has 0 bridgehead atoms. The average Bonchev–Trinajstić information content (AvgIpc) is 3.66. The van der Waals surface area contributed by atoms with Gasteiger partial charge in [-0.05, 0) is 78.6 Å². The van der Waals surface area contributed by atoms with E-state index >= 15 is 0 Å². The predicted molar refractivity (Wildman–Crippen MR) is 151 cm³/mol. The summed E-state index contributed by atoms with van der Waals surface area (Å²) in [5.74, 6) is 0.240. The fraction of sp³-hybridized carbons (Fsp3) is 0.290. The van der Waals surface area contributed by atoms with Gasteiger partial charge in [-0.15, -0.1) is 0 Å². The van der Waals surface area contributed by atoms with E-state index in [-0.39, 0.29) is 22.6 Å². The number of sulfonamides is 1. The van der Waals surface area contributed by atoms with Crippen molar-refractivity contribution in [2.45, 2.75) is 49.1 Å². The molecule has 1 amide bonds. The molecule has 3 atom stereocenters. The quantitative estimate of drug-likeness (QED) is 0.320. The van der Waals surface area contributed by atoms with E-state index in [1.54, 1.807) is 11.1 Å². The molecule has 206 valence electrons. The Labute approximate surface area is 233 Å². The van der Waals surface area contributed by atoms with Crippen LogP contribution in [0.15, 0.2) is 90.1 Å². The van der Waals surface area contributed by atoms with E-state index in [9.17, 15) is 17.6 Å². The van der Waals surface area contributed by atoms with E-state index in [1.165, 1.54) is 18.2 Å². The first-order valence-corrected chi connectivity index (χ1v) is 15.0. The first-order valence-electron chi connectivity index (χ1n) is 13.5. The molecule has 9 heteroatoms. The highest BCUT2D eigenvalue weighted by Gasteiger charge is 2.46. The minimum Gasteiger partial charge on any atom is -0.337 e. The fourth-order valence-electron chi connectivity index (χ4n) is 5.69. The molecule has 3 aromatic carbocycles. The maximum Gasteiger partial charge on any atom is 0.241 e. The number of hydrogen-bond donors (Lipinski definition) is 1. The molecule has 0 saturated heterocycles. The number of aromatic nitrogens is 2. The Bertz CT molecular complexity index is 1650. The summed E-state index contributed by atoms with van der Waals surface area (Å²) < 4.78 is 44.8. The van der Waals surface area contributed by atoms with Gasteiger partial charge in [-0.2, -0.15) is 0 Å². The Morgan fingerprint density at radius 2 is 1.93 bits per heavy atom. The molecule has 0 unspecified atom stereocenters. The number of aryl methyl sites for hydroxylation is 2. The SMILES string of the molecule is Cn1ccnc1CN(C(=O)[C@@H]1C[C@H]1c1ccccc1)c1ccc2c(c1)[C@@H](NS(=O)(=O)c1cccc(F)c1)CCC2. The summed E-state index contributed by atoms with van der Waals surface area (Å²) in [6.45, 7) is 0.304. The molecule has 7 nitrogen and oxygen atoms in total. The Hall–Kier alpha value is -3.82. The number of fused-ring (bicyclic) bond motifs is 1. The highest BCUT2D eigenvalue weighted by atomic mass is 32.2. The minimum absolute atomic E-state index is 0.0319. The van der Waals surface area contributed by atoms with Crippen molar-refractivity contribution in [3.8, 4) is 0 Å². The summed E-state index contributed by atoms with van der Waals surface area (Å²) in [6.07, 6.45) is 6.61. The van der Waals surface area contributed by atoms with Gasteiger partial charge in [-0.3, -0.25) is 4.79 Å². The van der Waals surface area contributed by atoms with E-state index in [1.807, 2.05) is 54.2 Å². The molecule has 0 radical (unpaired) electrons. The van der Waals surface area contributed by atoms with Gasteiger partial charge in [0.15, 0.2) is 0 Å². The van der Waals surface area contributed by atoms with Gasteiger partial charge < -0.3 is 9.47 Å². The lowest BCUT2D eigenvalue weighted by atomic mass is 9.87. The molecule has 0 aliphatic heterocycles. The first kappa shape index (κ1) is 26.4. The zero-order chi connectivity index (χ0) is 27.9. The number of nitrogens with zero attached hydrogens (tertiary/aromatic N) is 3. The number of rotatable bonds is 8. The van der Waals surface area contributed by atoms with Crippen molar-refractivity contribution in [2.24, 2.45) is 13.0 Å². The molecule has 4 aromatic rings. The Morgan fingerprint density at radius 1 is 1.10 bits per heavy atom. The van der Waals surface area contributed by atoms with Crippen LogP contribution in [0.5, 0.6) is 0 Å². The van der Waals surface area contributed by atoms with Crippen molar-refractivity contribution in [3.63, 3.8) is 0 Å². The minimum atomic E-state index is -3.95. The summed E-state index contributed by atoms with van der Waals surface area (Å²) in [6, 6.07) is 20.5. The lowest BCUT2D eigenvalue weighted by Gasteiger charge is -2.29. The van der Waals surface area contributed by atoms with Gasteiger partial charge in [0.05, 0.1) is 11.4 Å². The van der Waals surface area contributed by atoms with Crippen LogP contribution in [-0.2, 0) is 34.8 Å². The van der Waals surface area contributed by atoms with Gasteiger partial charge in [-0.1, -0.05) is 42.5 Å². The van der Waals surface area contributed by atoms with Gasteiger partial charge in [0.2, 0.25) is 15.9 Å². The maximum absolute atomic E-state index is 14.0. The van der Waals surface area contributed by atoms with Crippen LogP contribution in [-0.4, -0.2) is 23.9 Å². The normalized spacial score (nSPS) is 20.1. The highest BCUT2D eigenvalue weighted by molar-refractivity contribution is 7.89. The molecule has 1 saturated carbocycles. The highest BCUT2D eigenvalue weighted by Crippen LogP contribution is 2.49. The van der Waals surface area contributed by atoms with Crippen molar-refractivity contribution in [2.75, 3.05) is 4.90 Å². The van der Waals surface area contributed by atoms with E-state index < -0.39 is 21.9 Å². The number of carbonyl (C=O) groups is 1. The van der Waals surface area contributed by atoms with E-state index in [0.717, 1.165) is 47.8 Å². The third-order valence-corrected chi connectivity index (χ3v) is 9.45. The van der Waals surface area contributed by atoms with Crippen LogP contribution >= 0.6 is 0 Å². The summed E-state index contributed by atoms with van der Waals surface area (Å²) in [5, 5.41) is 0. The third kappa shape index (κ3) is 5.31. The molecule has 0 spiro atoms. The van der Waals surface area contributed by atoms with Crippen LogP contribution in [0.2, 0.25) is 0 Å². The lowest BCUT2D eigenvalue weighted by molar-refractivity contribution is -0.120. The smallest absolute Gasteiger partial charge is 0.241 e. The molecule has 40 heavy (non-hydrogen) atoms. The third-order valence-electron chi connectivity index (χ3n) is 7.98. The molecular weight excluding hydrogens is 527 g/mol. The van der Waals surface area contributed by atoms with Crippen LogP contribution in [0, 0.1) is 11.7 Å². The average molecular weight is 559 g/mol. The Balaban J connectivity index is 1.32. The van der Waals surface area contributed by atoms with Crippen LogP contribution in [0.4, 0.5) is 10.1 Å². The van der Waals surface area contributed by atoms with Crippen LogP contribution in [0.25, 0.3) is 0 Å². The second-order valence-corrected chi connectivity index (χ2v) is 12.4. The second kappa shape index (κ2) is 10.6. The van der Waals surface area contributed by atoms with Gasteiger partial charge >= 0.3 is 0 Å². The largest absolute Gasteiger partial charge is 0.337 e. The second-order valence-electron chi connectivity index (χ2n) is 10.6. The van der Waals surface area contributed by atoms with Crippen molar-refractivity contribution in [1.29, 1.82) is 0 Å². The number of halogens is 1. The molecule has 1 heterocycles. The number of carbonyl (C=O) groups excluding carboxylic acids is 1. The lowest BCUT2D eigenvalue weighted by Crippen LogP contribution is -2.34. The number of hydrogen-bond acceptors (Lipinski definition) is 4. The molecule has 6 rings (SSSR count). The fourth-order valence-corrected chi connectivity index (χ4v) is 6.97. The predicted octanol–water partition coefficient (Wildman–Crippen LogP) is 5.25. The molecule has 2 aliphatic carbocycles. The Kier molecular flexibility index (Phi) is 7.02. The monoisotopic (exact) mass is 558 g/mol.